The zero-order valence-corrected chi connectivity index (χ0v) is 16.7. The predicted octanol–water partition coefficient (Wildman–Crippen LogP) is 0.552. The molecular formula is C17H26FN2O7P. The topological polar surface area (TPSA) is 131 Å². The molecule has 2 rings (SSSR count). The molecule has 1 fully saturated rings. The number of aromatic amines is 1. The van der Waals surface area contributed by atoms with Crippen LogP contribution in [0.2, 0.25) is 0 Å². The van der Waals surface area contributed by atoms with E-state index in [1.807, 2.05) is 0 Å². The highest BCUT2D eigenvalue weighted by Crippen LogP contribution is 2.45. The van der Waals surface area contributed by atoms with E-state index in [9.17, 15) is 18.5 Å². The third kappa shape index (κ3) is 5.07. The number of halogens is 1. The number of nitrogens with one attached hydrogen (secondary N) is 1. The lowest BCUT2D eigenvalue weighted by Gasteiger charge is -2.40. The maximum Gasteiger partial charge on any atom is 0.328 e. The van der Waals surface area contributed by atoms with Gasteiger partial charge < -0.3 is 24.3 Å². The molecule has 1 aromatic heterocycles. The molecular weight excluding hydrogens is 394 g/mol. The van der Waals surface area contributed by atoms with Gasteiger partial charge in [0, 0.05) is 17.7 Å². The molecule has 2 heterocycles. The Labute approximate surface area is 161 Å². The number of aromatic nitrogens is 2. The number of nitrogens with zero attached hydrogens (tertiary/aromatic N) is 1. The summed E-state index contributed by atoms with van der Waals surface area (Å²) in [6.45, 7) is 2.48. The molecule has 1 unspecified atom stereocenters. The highest BCUT2D eigenvalue weighted by atomic mass is 31.2. The largest absolute Gasteiger partial charge is 0.388 e. The maximum absolute atomic E-state index is 12.7. The minimum absolute atomic E-state index is 0.0320. The Balaban J connectivity index is 2.33. The molecule has 4 atom stereocenters. The number of alkyl halides is 1. The highest BCUT2D eigenvalue weighted by molar-refractivity contribution is 7.66. The fourth-order valence-corrected chi connectivity index (χ4v) is 3.88. The minimum atomic E-state index is -3.25. The SMILES string of the molecule is Cc1cn([C@@H]2COC(/C=C/P(=O)(CO)CO)[C@@H](C)[C@H]2OCCF)c(=O)[nH]c1=O. The van der Waals surface area contributed by atoms with Crippen LogP contribution in [-0.2, 0) is 14.0 Å². The molecule has 1 saturated heterocycles. The van der Waals surface area contributed by atoms with Crippen LogP contribution in [0.3, 0.4) is 0 Å². The number of rotatable bonds is 8. The van der Waals surface area contributed by atoms with Crippen LogP contribution in [0.5, 0.6) is 0 Å². The van der Waals surface area contributed by atoms with E-state index < -0.39 is 56.0 Å². The van der Waals surface area contributed by atoms with Gasteiger partial charge in [-0.1, -0.05) is 13.0 Å². The summed E-state index contributed by atoms with van der Waals surface area (Å²) in [6, 6.07) is -0.600. The molecule has 1 aliphatic rings. The van der Waals surface area contributed by atoms with Crippen LogP contribution in [0, 0.1) is 12.8 Å². The van der Waals surface area contributed by atoms with E-state index in [4.69, 9.17) is 19.7 Å². The van der Waals surface area contributed by atoms with Gasteiger partial charge in [0.05, 0.1) is 31.5 Å². The monoisotopic (exact) mass is 420 g/mol. The van der Waals surface area contributed by atoms with E-state index in [2.05, 4.69) is 4.98 Å². The molecule has 1 aromatic rings. The van der Waals surface area contributed by atoms with Crippen LogP contribution in [0.1, 0.15) is 18.5 Å². The molecule has 0 amide bonds. The van der Waals surface area contributed by atoms with Crippen molar-refractivity contribution < 1.29 is 28.6 Å². The van der Waals surface area contributed by atoms with Gasteiger partial charge in [0.1, 0.15) is 19.4 Å². The van der Waals surface area contributed by atoms with Crippen molar-refractivity contribution in [3.05, 3.63) is 44.5 Å². The van der Waals surface area contributed by atoms with Gasteiger partial charge >= 0.3 is 5.69 Å². The Hall–Kier alpha value is -1.58. The molecule has 0 aromatic carbocycles. The van der Waals surface area contributed by atoms with Gasteiger partial charge in [-0.15, -0.1) is 0 Å². The van der Waals surface area contributed by atoms with Crippen molar-refractivity contribution in [2.24, 2.45) is 5.92 Å². The first-order chi connectivity index (χ1) is 13.3. The fraction of sp³-hybridized carbons (Fsp3) is 0.647. The first-order valence-electron chi connectivity index (χ1n) is 8.86. The molecule has 0 bridgehead atoms. The lowest BCUT2D eigenvalue weighted by Crippen LogP contribution is -2.50. The molecule has 158 valence electrons. The molecule has 11 heteroatoms. The number of ether oxygens (including phenoxy) is 2. The second-order valence-corrected chi connectivity index (χ2v) is 9.57. The molecule has 0 saturated carbocycles. The molecule has 1 aliphatic heterocycles. The van der Waals surface area contributed by atoms with E-state index in [0.717, 1.165) is 0 Å². The van der Waals surface area contributed by atoms with Crippen molar-refractivity contribution in [1.82, 2.24) is 9.55 Å². The first kappa shape index (κ1) is 22.7. The van der Waals surface area contributed by atoms with Crippen LogP contribution in [0.15, 0.2) is 27.7 Å². The van der Waals surface area contributed by atoms with Gasteiger partial charge in [0.25, 0.3) is 5.56 Å². The second kappa shape index (κ2) is 9.76. The van der Waals surface area contributed by atoms with E-state index in [0.29, 0.717) is 5.56 Å². The Morgan fingerprint density at radius 1 is 1.43 bits per heavy atom. The molecule has 9 nitrogen and oxygen atoms in total. The van der Waals surface area contributed by atoms with Crippen molar-refractivity contribution in [3.8, 4) is 0 Å². The average molecular weight is 420 g/mol. The van der Waals surface area contributed by atoms with Crippen LogP contribution in [-0.4, -0.2) is 64.6 Å². The van der Waals surface area contributed by atoms with Gasteiger partial charge in [-0.05, 0) is 12.7 Å². The number of aryl methyl sites for hydroxylation is 1. The van der Waals surface area contributed by atoms with Gasteiger partial charge in [0.15, 0.2) is 7.14 Å². The summed E-state index contributed by atoms with van der Waals surface area (Å²) in [4.78, 5) is 26.1. The summed E-state index contributed by atoms with van der Waals surface area (Å²) in [6.07, 6.45) is 0.363. The van der Waals surface area contributed by atoms with E-state index in [1.165, 1.54) is 22.7 Å². The van der Waals surface area contributed by atoms with Crippen molar-refractivity contribution in [1.29, 1.82) is 0 Å². The Bertz CT molecular complexity index is 845. The third-order valence-corrected chi connectivity index (χ3v) is 6.46. The molecule has 3 N–H and O–H groups in total. The summed E-state index contributed by atoms with van der Waals surface area (Å²) in [5.41, 5.74) is -0.772. The number of H-pyrrole nitrogens is 1. The third-order valence-electron chi connectivity index (χ3n) is 4.79. The lowest BCUT2D eigenvalue weighted by atomic mass is 9.89. The van der Waals surface area contributed by atoms with Crippen LogP contribution < -0.4 is 11.2 Å². The van der Waals surface area contributed by atoms with Crippen LogP contribution >= 0.6 is 7.14 Å². The Morgan fingerprint density at radius 3 is 2.71 bits per heavy atom. The second-order valence-electron chi connectivity index (χ2n) is 6.80. The van der Waals surface area contributed by atoms with E-state index in [-0.39, 0.29) is 19.1 Å². The molecule has 0 spiro atoms. The zero-order valence-electron chi connectivity index (χ0n) is 15.8. The van der Waals surface area contributed by atoms with Crippen molar-refractivity contribution in [3.63, 3.8) is 0 Å². The first-order valence-corrected chi connectivity index (χ1v) is 11.0. The lowest BCUT2D eigenvalue weighted by molar-refractivity contribution is -0.128. The quantitative estimate of drug-likeness (QED) is 0.524. The average Bonchev–Trinajstić information content (AvgIpc) is 2.68. The van der Waals surface area contributed by atoms with Gasteiger partial charge in [-0.3, -0.25) is 14.3 Å². The predicted molar refractivity (Wildman–Crippen MR) is 101 cm³/mol. The zero-order chi connectivity index (χ0) is 20.9. The normalized spacial score (nSPS) is 26.0. The molecule has 28 heavy (non-hydrogen) atoms. The highest BCUT2D eigenvalue weighted by Gasteiger charge is 2.39. The smallest absolute Gasteiger partial charge is 0.328 e. The van der Waals surface area contributed by atoms with E-state index >= 15 is 0 Å². The summed E-state index contributed by atoms with van der Waals surface area (Å²) in [7, 11) is -3.25. The molecule has 0 radical (unpaired) electrons. The fourth-order valence-electron chi connectivity index (χ4n) is 3.12. The number of aliphatic hydroxyl groups excluding tert-OH is 2. The number of aliphatic hydroxyl groups is 2. The summed E-state index contributed by atoms with van der Waals surface area (Å²) < 4.78 is 37.6. The summed E-state index contributed by atoms with van der Waals surface area (Å²) in [5, 5.41) is 18.3. The van der Waals surface area contributed by atoms with Gasteiger partial charge in [0.2, 0.25) is 0 Å². The van der Waals surface area contributed by atoms with Crippen LogP contribution in [0.4, 0.5) is 4.39 Å². The number of hydrogen-bond acceptors (Lipinski definition) is 7. The van der Waals surface area contributed by atoms with Gasteiger partial charge in [-0.25, -0.2) is 9.18 Å². The standard InChI is InChI=1S/C17H26FN2O7P/c1-11-7-20(17(24)19-16(11)23)13-8-27-14(3-6-28(25,9-21)10-22)12(2)15(13)26-5-4-18/h3,6-7,12-15,21-22H,4-5,8-10H2,1-2H3,(H,19,23,24)/b6-3+/t12-,13-,14?,15-/m1/s1. The van der Waals surface area contributed by atoms with E-state index in [1.54, 1.807) is 13.8 Å². The van der Waals surface area contributed by atoms with Crippen LogP contribution in [0.25, 0.3) is 0 Å². The Morgan fingerprint density at radius 2 is 2.11 bits per heavy atom. The summed E-state index contributed by atoms with van der Waals surface area (Å²) in [5.74, 6) is 0.878. The van der Waals surface area contributed by atoms with Crippen molar-refractivity contribution in [2.75, 3.05) is 32.6 Å². The van der Waals surface area contributed by atoms with Crippen molar-refractivity contribution in [2.45, 2.75) is 32.1 Å². The maximum atomic E-state index is 12.7. The number of hydrogen-bond donors (Lipinski definition) is 3. The molecule has 0 aliphatic carbocycles. The minimum Gasteiger partial charge on any atom is -0.388 e. The Kier molecular flexibility index (Phi) is 7.91. The van der Waals surface area contributed by atoms with Gasteiger partial charge in [-0.2, -0.15) is 0 Å². The summed E-state index contributed by atoms with van der Waals surface area (Å²) >= 11 is 0. The van der Waals surface area contributed by atoms with Crippen molar-refractivity contribution >= 4 is 7.14 Å².